The van der Waals surface area contributed by atoms with E-state index in [0.717, 1.165) is 35.0 Å². The first-order chi connectivity index (χ1) is 9.13. The highest BCUT2D eigenvalue weighted by molar-refractivity contribution is 9.10. The van der Waals surface area contributed by atoms with E-state index in [1.807, 2.05) is 11.0 Å². The van der Waals surface area contributed by atoms with Gasteiger partial charge in [-0.25, -0.2) is 0 Å². The molecule has 2 nitrogen and oxygen atoms in total. The van der Waals surface area contributed by atoms with Crippen LogP contribution < -0.4 is 0 Å². The summed E-state index contributed by atoms with van der Waals surface area (Å²) in [6, 6.07) is 5.40. The van der Waals surface area contributed by atoms with Crippen LogP contribution in [-0.2, 0) is 0 Å². The number of rotatable bonds is 5. The lowest BCUT2D eigenvalue weighted by atomic mass is 10.2. The third-order valence-electron chi connectivity index (χ3n) is 3.80. The predicted octanol–water partition coefficient (Wildman–Crippen LogP) is 4.36. The maximum atomic E-state index is 12.7. The number of amides is 1. The molecule has 2 aliphatic rings. The van der Waals surface area contributed by atoms with Crippen LogP contribution in [0.5, 0.6) is 0 Å². The van der Waals surface area contributed by atoms with E-state index in [9.17, 15) is 4.79 Å². The van der Waals surface area contributed by atoms with Crippen LogP contribution >= 0.6 is 27.5 Å². The van der Waals surface area contributed by atoms with Crippen molar-refractivity contribution in [2.24, 2.45) is 11.8 Å². The summed E-state index contributed by atoms with van der Waals surface area (Å²) in [5.41, 5.74) is 0.728. The first-order valence-corrected chi connectivity index (χ1v) is 8.05. The number of halogens is 2. The van der Waals surface area contributed by atoms with Gasteiger partial charge in [0.05, 0.1) is 5.56 Å². The van der Waals surface area contributed by atoms with Crippen molar-refractivity contribution >= 4 is 33.4 Å². The summed E-state index contributed by atoms with van der Waals surface area (Å²) in [6.45, 7) is 1.84. The van der Waals surface area contributed by atoms with Crippen molar-refractivity contribution in [1.29, 1.82) is 0 Å². The summed E-state index contributed by atoms with van der Waals surface area (Å²) >= 11 is 9.38. The third kappa shape index (κ3) is 3.51. The zero-order valence-corrected chi connectivity index (χ0v) is 13.1. The molecule has 2 fully saturated rings. The van der Waals surface area contributed by atoms with Gasteiger partial charge in [-0.1, -0.05) is 11.6 Å². The van der Waals surface area contributed by atoms with Crippen molar-refractivity contribution in [2.75, 3.05) is 13.1 Å². The van der Waals surface area contributed by atoms with E-state index in [1.165, 1.54) is 25.7 Å². The van der Waals surface area contributed by atoms with Crippen molar-refractivity contribution < 1.29 is 4.79 Å². The van der Waals surface area contributed by atoms with Crippen LogP contribution in [0.4, 0.5) is 0 Å². The van der Waals surface area contributed by atoms with E-state index in [4.69, 9.17) is 11.6 Å². The van der Waals surface area contributed by atoms with Gasteiger partial charge in [-0.3, -0.25) is 4.79 Å². The molecule has 3 rings (SSSR count). The molecule has 0 heterocycles. The Morgan fingerprint density at radius 2 is 1.79 bits per heavy atom. The molecule has 1 amide bonds. The van der Waals surface area contributed by atoms with Gasteiger partial charge >= 0.3 is 0 Å². The molecule has 0 atom stereocenters. The Kier molecular flexibility index (Phi) is 3.86. The molecule has 0 spiro atoms. The average molecular weight is 343 g/mol. The minimum absolute atomic E-state index is 0.141. The Labute approximate surface area is 127 Å². The smallest absolute Gasteiger partial charge is 0.255 e. The second kappa shape index (κ2) is 5.45. The number of carbonyl (C=O) groups excluding carboxylic acids is 1. The zero-order valence-electron chi connectivity index (χ0n) is 10.7. The van der Waals surface area contributed by atoms with Crippen LogP contribution in [0.2, 0.25) is 5.02 Å². The average Bonchev–Trinajstić information content (AvgIpc) is 3.22. The van der Waals surface area contributed by atoms with Crippen LogP contribution in [0.15, 0.2) is 22.7 Å². The minimum atomic E-state index is 0.141. The zero-order chi connectivity index (χ0) is 13.4. The van der Waals surface area contributed by atoms with Gasteiger partial charge in [0.15, 0.2) is 0 Å². The molecular formula is C15H17BrClNO. The fourth-order valence-corrected chi connectivity index (χ4v) is 3.15. The van der Waals surface area contributed by atoms with Gasteiger partial charge in [-0.15, -0.1) is 0 Å². The van der Waals surface area contributed by atoms with E-state index < -0.39 is 0 Å². The molecule has 4 heteroatoms. The molecule has 0 N–H and O–H groups in total. The Morgan fingerprint density at radius 3 is 2.26 bits per heavy atom. The van der Waals surface area contributed by atoms with Crippen molar-refractivity contribution in [1.82, 2.24) is 4.90 Å². The van der Waals surface area contributed by atoms with Crippen molar-refractivity contribution in [3.8, 4) is 0 Å². The SMILES string of the molecule is O=C(c1ccc(Cl)cc1Br)N(CC1CC1)CC1CC1. The predicted molar refractivity (Wildman–Crippen MR) is 80.5 cm³/mol. The van der Waals surface area contributed by atoms with E-state index >= 15 is 0 Å². The lowest BCUT2D eigenvalue weighted by Crippen LogP contribution is -2.34. The van der Waals surface area contributed by atoms with Crippen LogP contribution in [-0.4, -0.2) is 23.9 Å². The normalized spacial score (nSPS) is 18.4. The number of hydrogen-bond acceptors (Lipinski definition) is 1. The first-order valence-electron chi connectivity index (χ1n) is 6.88. The quantitative estimate of drug-likeness (QED) is 0.778. The Balaban J connectivity index is 1.76. The third-order valence-corrected chi connectivity index (χ3v) is 4.69. The van der Waals surface area contributed by atoms with Crippen LogP contribution in [0, 0.1) is 11.8 Å². The summed E-state index contributed by atoms with van der Waals surface area (Å²) in [7, 11) is 0. The maximum Gasteiger partial charge on any atom is 0.255 e. The Bertz CT molecular complexity index is 483. The number of carbonyl (C=O) groups is 1. The largest absolute Gasteiger partial charge is 0.338 e. The lowest BCUT2D eigenvalue weighted by Gasteiger charge is -2.23. The van der Waals surface area contributed by atoms with E-state index in [0.29, 0.717) is 5.02 Å². The molecule has 2 saturated carbocycles. The highest BCUT2D eigenvalue weighted by Gasteiger charge is 2.32. The summed E-state index contributed by atoms with van der Waals surface area (Å²) in [5.74, 6) is 1.60. The van der Waals surface area contributed by atoms with Crippen molar-refractivity contribution in [3.05, 3.63) is 33.3 Å². The standard InChI is InChI=1S/C15H17BrClNO/c16-14-7-12(17)5-6-13(14)15(19)18(8-10-1-2-10)9-11-3-4-11/h5-7,10-11H,1-4,8-9H2. The summed E-state index contributed by atoms with van der Waals surface area (Å²) in [5, 5.41) is 0.652. The number of hydrogen-bond donors (Lipinski definition) is 0. The van der Waals surface area contributed by atoms with Crippen LogP contribution in [0.3, 0.4) is 0 Å². The molecule has 2 aliphatic carbocycles. The topological polar surface area (TPSA) is 20.3 Å². The molecule has 0 bridgehead atoms. The van der Waals surface area contributed by atoms with Gasteiger partial charge < -0.3 is 4.90 Å². The minimum Gasteiger partial charge on any atom is -0.338 e. The Hall–Kier alpha value is -0.540. The van der Waals surface area contributed by atoms with Gasteiger partial charge in [0.25, 0.3) is 5.91 Å². The highest BCUT2D eigenvalue weighted by atomic mass is 79.9. The van der Waals surface area contributed by atoms with E-state index in [1.54, 1.807) is 12.1 Å². The van der Waals surface area contributed by atoms with E-state index in [2.05, 4.69) is 15.9 Å². The second-order valence-corrected chi connectivity index (χ2v) is 7.01. The Morgan fingerprint density at radius 1 is 1.21 bits per heavy atom. The fraction of sp³-hybridized carbons (Fsp3) is 0.533. The van der Waals surface area contributed by atoms with Crippen molar-refractivity contribution in [3.63, 3.8) is 0 Å². The molecule has 102 valence electrons. The summed E-state index contributed by atoms with van der Waals surface area (Å²) in [6.07, 6.45) is 5.10. The fourth-order valence-electron chi connectivity index (χ4n) is 2.30. The summed E-state index contributed by atoms with van der Waals surface area (Å²) < 4.78 is 0.793. The van der Waals surface area contributed by atoms with Gasteiger partial charge in [-0.05, 0) is 71.6 Å². The van der Waals surface area contributed by atoms with Crippen LogP contribution in [0.1, 0.15) is 36.0 Å². The number of nitrogens with zero attached hydrogens (tertiary/aromatic N) is 1. The molecule has 0 aliphatic heterocycles. The van der Waals surface area contributed by atoms with E-state index in [-0.39, 0.29) is 5.91 Å². The van der Waals surface area contributed by atoms with Gasteiger partial charge in [0, 0.05) is 22.6 Å². The highest BCUT2D eigenvalue weighted by Crippen LogP contribution is 2.35. The molecule has 1 aromatic carbocycles. The molecule has 0 aromatic heterocycles. The van der Waals surface area contributed by atoms with Gasteiger partial charge in [-0.2, -0.15) is 0 Å². The number of benzene rings is 1. The van der Waals surface area contributed by atoms with Crippen molar-refractivity contribution in [2.45, 2.75) is 25.7 Å². The maximum absolute atomic E-state index is 12.7. The molecule has 19 heavy (non-hydrogen) atoms. The summed E-state index contributed by atoms with van der Waals surface area (Å²) in [4.78, 5) is 14.7. The van der Waals surface area contributed by atoms with Crippen LogP contribution in [0.25, 0.3) is 0 Å². The second-order valence-electron chi connectivity index (χ2n) is 5.72. The monoisotopic (exact) mass is 341 g/mol. The van der Waals surface area contributed by atoms with Gasteiger partial charge in [0.1, 0.15) is 0 Å². The molecular weight excluding hydrogens is 326 g/mol. The first kappa shape index (κ1) is 13.4. The molecule has 1 aromatic rings. The molecule has 0 radical (unpaired) electrons. The van der Waals surface area contributed by atoms with Gasteiger partial charge in [0.2, 0.25) is 0 Å². The molecule has 0 saturated heterocycles. The molecule has 0 unspecified atom stereocenters. The lowest BCUT2D eigenvalue weighted by molar-refractivity contribution is 0.0738.